The van der Waals surface area contributed by atoms with E-state index >= 15 is 0 Å². The Morgan fingerprint density at radius 1 is 1.43 bits per heavy atom. The van der Waals surface area contributed by atoms with E-state index in [2.05, 4.69) is 4.99 Å². The molecule has 0 spiro atoms. The minimum atomic E-state index is -0.888. The van der Waals surface area contributed by atoms with Gasteiger partial charge in [-0.15, -0.1) is 11.8 Å². The molecule has 0 radical (unpaired) electrons. The molecule has 6 heteroatoms. The van der Waals surface area contributed by atoms with E-state index < -0.39 is 5.54 Å². The zero-order valence-corrected chi connectivity index (χ0v) is 13.2. The van der Waals surface area contributed by atoms with Gasteiger partial charge in [0.05, 0.1) is 13.2 Å². The van der Waals surface area contributed by atoms with Gasteiger partial charge in [0.25, 0.3) is 0 Å². The summed E-state index contributed by atoms with van der Waals surface area (Å²) < 4.78 is 10.4. The Hall–Kier alpha value is -1.69. The Labute approximate surface area is 128 Å². The van der Waals surface area contributed by atoms with Crippen molar-refractivity contribution in [2.45, 2.75) is 26.3 Å². The van der Waals surface area contributed by atoms with Gasteiger partial charge < -0.3 is 14.6 Å². The summed E-state index contributed by atoms with van der Waals surface area (Å²) in [6, 6.07) is 5.09. The molecular weight excluding hydrogens is 290 g/mol. The number of hydrogen-bond donors (Lipinski definition) is 1. The van der Waals surface area contributed by atoms with Crippen LogP contribution < -0.4 is 4.74 Å². The molecule has 0 unspecified atom stereocenters. The molecule has 1 aliphatic rings. The van der Waals surface area contributed by atoms with Crippen molar-refractivity contribution in [3.05, 3.63) is 23.8 Å². The summed E-state index contributed by atoms with van der Waals surface area (Å²) in [5.74, 6) is 0.877. The third-order valence-corrected chi connectivity index (χ3v) is 4.36. The van der Waals surface area contributed by atoms with Gasteiger partial charge in [0.2, 0.25) is 0 Å². The maximum Gasteiger partial charge on any atom is 0.334 e. The molecule has 1 heterocycles. The van der Waals surface area contributed by atoms with Crippen molar-refractivity contribution >= 4 is 22.8 Å². The molecule has 1 aromatic carbocycles. The van der Waals surface area contributed by atoms with Gasteiger partial charge >= 0.3 is 5.97 Å². The largest absolute Gasteiger partial charge is 0.507 e. The molecule has 2 rings (SSSR count). The van der Waals surface area contributed by atoms with Crippen molar-refractivity contribution in [1.82, 2.24) is 0 Å². The van der Waals surface area contributed by atoms with Crippen molar-refractivity contribution in [3.63, 3.8) is 0 Å². The highest BCUT2D eigenvalue weighted by Crippen LogP contribution is 2.35. The summed E-state index contributed by atoms with van der Waals surface area (Å²) in [6.07, 6.45) is 0. The normalized spacial score (nSPS) is 21.0. The van der Waals surface area contributed by atoms with E-state index in [1.54, 1.807) is 32.0 Å². The molecule has 1 aromatic rings. The van der Waals surface area contributed by atoms with E-state index in [1.807, 2.05) is 6.92 Å². The number of phenolic OH excluding ortho intramolecular Hbond substituents is 1. The summed E-state index contributed by atoms with van der Waals surface area (Å²) in [7, 11) is 0. The number of carbonyl (C=O) groups excluding carboxylic acids is 1. The fourth-order valence-electron chi connectivity index (χ4n) is 1.98. The lowest BCUT2D eigenvalue weighted by atomic mass is 10.1. The maximum atomic E-state index is 11.9. The van der Waals surface area contributed by atoms with Crippen molar-refractivity contribution in [3.8, 4) is 11.5 Å². The van der Waals surface area contributed by atoms with E-state index in [1.165, 1.54) is 11.8 Å². The van der Waals surface area contributed by atoms with Crippen molar-refractivity contribution < 1.29 is 19.4 Å². The summed E-state index contributed by atoms with van der Waals surface area (Å²) in [5, 5.41) is 10.7. The van der Waals surface area contributed by atoms with Crippen LogP contribution in [-0.2, 0) is 9.53 Å². The van der Waals surface area contributed by atoms with Crippen LogP contribution in [0.25, 0.3) is 0 Å². The molecule has 0 amide bonds. The SMILES string of the molecule is CCOC(=O)[C@@]1(C)CSC(c2ccc(OCC)cc2O)=N1. The average Bonchev–Trinajstić information content (AvgIpc) is 2.83. The second-order valence-corrected chi connectivity index (χ2v) is 5.78. The van der Waals surface area contributed by atoms with Crippen LogP contribution in [0.5, 0.6) is 11.5 Å². The standard InChI is InChI=1S/C15H19NO4S/c1-4-19-10-6-7-11(12(17)8-10)13-16-15(3,9-21-13)14(18)20-5-2/h6-8,17H,4-5,9H2,1-3H3/t15-/m1/s1. The van der Waals surface area contributed by atoms with Crippen molar-refractivity contribution in [2.75, 3.05) is 19.0 Å². The number of phenols is 1. The van der Waals surface area contributed by atoms with E-state index in [0.717, 1.165) is 0 Å². The average molecular weight is 309 g/mol. The first-order chi connectivity index (χ1) is 10.00. The van der Waals surface area contributed by atoms with Crippen LogP contribution in [0.3, 0.4) is 0 Å². The number of hydrogen-bond acceptors (Lipinski definition) is 6. The Bertz CT molecular complexity index is 573. The maximum absolute atomic E-state index is 11.9. The fourth-order valence-corrected chi connectivity index (χ4v) is 3.17. The van der Waals surface area contributed by atoms with Crippen LogP contribution in [0.15, 0.2) is 23.2 Å². The van der Waals surface area contributed by atoms with Crippen LogP contribution in [0.2, 0.25) is 0 Å². The minimum Gasteiger partial charge on any atom is -0.507 e. The van der Waals surface area contributed by atoms with E-state index in [9.17, 15) is 9.90 Å². The Morgan fingerprint density at radius 2 is 2.19 bits per heavy atom. The first-order valence-electron chi connectivity index (χ1n) is 6.86. The van der Waals surface area contributed by atoms with Gasteiger partial charge in [-0.2, -0.15) is 0 Å². The molecule has 0 saturated heterocycles. The zero-order chi connectivity index (χ0) is 15.5. The van der Waals surface area contributed by atoms with Crippen LogP contribution in [0.4, 0.5) is 0 Å². The second kappa shape index (κ2) is 6.39. The number of nitrogens with zero attached hydrogens (tertiary/aromatic N) is 1. The first-order valence-corrected chi connectivity index (χ1v) is 7.84. The molecule has 1 aliphatic heterocycles. The lowest BCUT2D eigenvalue weighted by molar-refractivity contribution is -0.147. The smallest absolute Gasteiger partial charge is 0.334 e. The zero-order valence-electron chi connectivity index (χ0n) is 12.4. The van der Waals surface area contributed by atoms with Crippen LogP contribution >= 0.6 is 11.8 Å². The minimum absolute atomic E-state index is 0.0975. The van der Waals surface area contributed by atoms with Crippen LogP contribution in [0, 0.1) is 0 Å². The molecule has 0 aliphatic carbocycles. The molecule has 114 valence electrons. The number of aliphatic imine (C=N–C) groups is 1. The van der Waals surface area contributed by atoms with Gasteiger partial charge in [0.15, 0.2) is 5.54 Å². The topological polar surface area (TPSA) is 68.1 Å². The predicted molar refractivity (Wildman–Crippen MR) is 83.3 cm³/mol. The molecule has 0 saturated carbocycles. The second-order valence-electron chi connectivity index (χ2n) is 4.81. The first kappa shape index (κ1) is 15.7. The number of rotatable bonds is 5. The van der Waals surface area contributed by atoms with E-state index in [0.29, 0.717) is 35.3 Å². The monoisotopic (exact) mass is 309 g/mol. The molecule has 0 bridgehead atoms. The Kier molecular flexibility index (Phi) is 4.77. The molecule has 21 heavy (non-hydrogen) atoms. The van der Waals surface area contributed by atoms with Gasteiger partial charge in [-0.05, 0) is 32.9 Å². The third-order valence-electron chi connectivity index (χ3n) is 3.06. The van der Waals surface area contributed by atoms with Crippen LogP contribution in [0.1, 0.15) is 26.3 Å². The number of thioether (sulfide) groups is 1. The van der Waals surface area contributed by atoms with Gasteiger partial charge in [-0.3, -0.25) is 4.99 Å². The lowest BCUT2D eigenvalue weighted by Gasteiger charge is -2.16. The fraction of sp³-hybridized carbons (Fsp3) is 0.467. The highest BCUT2D eigenvalue weighted by Gasteiger charge is 2.40. The Balaban J connectivity index is 2.25. The van der Waals surface area contributed by atoms with Gasteiger partial charge in [0.1, 0.15) is 16.5 Å². The summed E-state index contributed by atoms with van der Waals surface area (Å²) >= 11 is 1.44. The van der Waals surface area contributed by atoms with E-state index in [-0.39, 0.29) is 11.7 Å². The summed E-state index contributed by atoms with van der Waals surface area (Å²) in [6.45, 7) is 6.27. The van der Waals surface area contributed by atoms with Crippen LogP contribution in [-0.4, -0.2) is 40.6 Å². The van der Waals surface area contributed by atoms with Crippen molar-refractivity contribution in [1.29, 1.82) is 0 Å². The molecule has 1 atom stereocenters. The van der Waals surface area contributed by atoms with Crippen molar-refractivity contribution in [2.24, 2.45) is 4.99 Å². The number of ether oxygens (including phenoxy) is 2. The van der Waals surface area contributed by atoms with Gasteiger partial charge in [-0.1, -0.05) is 0 Å². The summed E-state index contributed by atoms with van der Waals surface area (Å²) in [4.78, 5) is 16.4. The van der Waals surface area contributed by atoms with E-state index in [4.69, 9.17) is 9.47 Å². The number of aromatic hydroxyl groups is 1. The Morgan fingerprint density at radius 3 is 2.81 bits per heavy atom. The highest BCUT2D eigenvalue weighted by atomic mass is 32.2. The lowest BCUT2D eigenvalue weighted by Crippen LogP contribution is -2.35. The molecular formula is C15H19NO4S. The molecule has 5 nitrogen and oxygen atoms in total. The van der Waals surface area contributed by atoms with Gasteiger partial charge in [0, 0.05) is 17.4 Å². The molecule has 1 N–H and O–H groups in total. The predicted octanol–water partition coefficient (Wildman–Crippen LogP) is 2.61. The highest BCUT2D eigenvalue weighted by molar-refractivity contribution is 8.14. The number of esters is 1. The quantitative estimate of drug-likeness (QED) is 0.847. The third kappa shape index (κ3) is 3.32. The number of benzene rings is 1. The molecule has 0 aromatic heterocycles. The van der Waals surface area contributed by atoms with Gasteiger partial charge in [-0.25, -0.2) is 4.79 Å². The summed E-state index contributed by atoms with van der Waals surface area (Å²) in [5.41, 5.74) is -0.280. The molecule has 0 fully saturated rings. The number of carbonyl (C=O) groups is 1.